The molecule has 0 spiro atoms. The SMILES string of the molecule is CC(C)(C)c1ccc(C(=O)Nc2nc(OCCc3ccc([N+](=O)[O-])cc3)c3[nH]cnc3n2)cc1. The number of benzene rings is 2. The first kappa shape index (κ1) is 22.8. The molecule has 34 heavy (non-hydrogen) atoms. The van der Waals surface area contributed by atoms with Crippen molar-refractivity contribution in [1.29, 1.82) is 0 Å². The molecule has 174 valence electrons. The van der Waals surface area contributed by atoms with Crippen molar-refractivity contribution in [3.63, 3.8) is 0 Å². The van der Waals surface area contributed by atoms with Gasteiger partial charge in [0.25, 0.3) is 11.6 Å². The highest BCUT2D eigenvalue weighted by atomic mass is 16.6. The van der Waals surface area contributed by atoms with Crippen molar-refractivity contribution in [2.24, 2.45) is 0 Å². The molecule has 10 nitrogen and oxygen atoms in total. The van der Waals surface area contributed by atoms with Crippen LogP contribution in [-0.2, 0) is 11.8 Å². The lowest BCUT2D eigenvalue weighted by Crippen LogP contribution is -2.16. The molecule has 4 rings (SSSR count). The van der Waals surface area contributed by atoms with E-state index < -0.39 is 4.92 Å². The van der Waals surface area contributed by atoms with Crippen LogP contribution in [0.15, 0.2) is 54.9 Å². The fourth-order valence-electron chi connectivity index (χ4n) is 3.31. The molecule has 1 amide bonds. The number of nitro groups is 1. The highest BCUT2D eigenvalue weighted by Gasteiger charge is 2.17. The number of rotatable bonds is 7. The lowest BCUT2D eigenvalue weighted by atomic mass is 9.87. The van der Waals surface area contributed by atoms with E-state index in [1.54, 1.807) is 24.3 Å². The molecule has 2 aromatic heterocycles. The van der Waals surface area contributed by atoms with Gasteiger partial charge in [0, 0.05) is 24.1 Å². The smallest absolute Gasteiger partial charge is 0.269 e. The van der Waals surface area contributed by atoms with Crippen LogP contribution in [0.4, 0.5) is 11.6 Å². The molecule has 2 aromatic carbocycles. The molecule has 0 aliphatic heterocycles. The average molecular weight is 460 g/mol. The molecule has 0 unspecified atom stereocenters. The number of nitro benzene ring substituents is 1. The maximum absolute atomic E-state index is 12.7. The Morgan fingerprint density at radius 1 is 1.09 bits per heavy atom. The number of ether oxygens (including phenoxy) is 1. The van der Waals surface area contributed by atoms with Gasteiger partial charge in [-0.1, -0.05) is 45.0 Å². The molecule has 2 heterocycles. The van der Waals surface area contributed by atoms with Gasteiger partial charge >= 0.3 is 0 Å². The number of carbonyl (C=O) groups excluding carboxylic acids is 1. The molecule has 0 aliphatic rings. The number of H-pyrrole nitrogens is 1. The highest BCUT2D eigenvalue weighted by Crippen LogP contribution is 2.24. The van der Waals surface area contributed by atoms with E-state index in [-0.39, 0.29) is 35.4 Å². The number of fused-ring (bicyclic) bond motifs is 1. The third-order valence-corrected chi connectivity index (χ3v) is 5.27. The molecule has 0 saturated carbocycles. The molecule has 0 bridgehead atoms. The number of nitrogens with zero attached hydrogens (tertiary/aromatic N) is 4. The first-order valence-corrected chi connectivity index (χ1v) is 10.7. The monoisotopic (exact) mass is 460 g/mol. The van der Waals surface area contributed by atoms with Gasteiger partial charge in [-0.05, 0) is 28.7 Å². The first-order chi connectivity index (χ1) is 16.2. The van der Waals surface area contributed by atoms with Crippen LogP contribution in [0, 0.1) is 10.1 Å². The minimum atomic E-state index is -0.440. The van der Waals surface area contributed by atoms with Crippen molar-refractivity contribution >= 4 is 28.7 Å². The fourth-order valence-corrected chi connectivity index (χ4v) is 3.31. The van der Waals surface area contributed by atoms with Crippen LogP contribution in [-0.4, -0.2) is 37.4 Å². The van der Waals surface area contributed by atoms with Gasteiger partial charge in [0.1, 0.15) is 5.52 Å². The largest absolute Gasteiger partial charge is 0.476 e. The number of nitrogens with one attached hydrogen (secondary N) is 2. The third-order valence-electron chi connectivity index (χ3n) is 5.27. The number of non-ortho nitro benzene ring substituents is 1. The maximum Gasteiger partial charge on any atom is 0.269 e. The van der Waals surface area contributed by atoms with Crippen LogP contribution < -0.4 is 10.1 Å². The molecule has 0 atom stereocenters. The summed E-state index contributed by atoms with van der Waals surface area (Å²) >= 11 is 0. The molecule has 0 fully saturated rings. The lowest BCUT2D eigenvalue weighted by Gasteiger charge is -2.19. The number of anilines is 1. The van der Waals surface area contributed by atoms with Crippen molar-refractivity contribution in [2.75, 3.05) is 11.9 Å². The van der Waals surface area contributed by atoms with Gasteiger partial charge in [0.15, 0.2) is 5.65 Å². The third kappa shape index (κ3) is 5.17. The van der Waals surface area contributed by atoms with E-state index in [1.807, 2.05) is 12.1 Å². The normalized spacial score (nSPS) is 11.4. The molecule has 0 saturated heterocycles. The van der Waals surface area contributed by atoms with Gasteiger partial charge in [-0.15, -0.1) is 0 Å². The van der Waals surface area contributed by atoms with E-state index in [9.17, 15) is 14.9 Å². The van der Waals surface area contributed by atoms with Crippen LogP contribution >= 0.6 is 0 Å². The average Bonchev–Trinajstić information content (AvgIpc) is 3.28. The Labute approximate surface area is 195 Å². The van der Waals surface area contributed by atoms with Crippen molar-refractivity contribution in [3.8, 4) is 5.88 Å². The van der Waals surface area contributed by atoms with E-state index in [0.717, 1.165) is 11.1 Å². The predicted molar refractivity (Wildman–Crippen MR) is 127 cm³/mol. The highest BCUT2D eigenvalue weighted by molar-refractivity contribution is 6.03. The Morgan fingerprint density at radius 3 is 2.44 bits per heavy atom. The zero-order valence-electron chi connectivity index (χ0n) is 19.0. The van der Waals surface area contributed by atoms with E-state index in [0.29, 0.717) is 23.1 Å². The molecule has 10 heteroatoms. The summed E-state index contributed by atoms with van der Waals surface area (Å²) in [6, 6.07) is 13.7. The Balaban J connectivity index is 1.46. The molecule has 0 radical (unpaired) electrons. The van der Waals surface area contributed by atoms with Crippen LogP contribution in [0.25, 0.3) is 11.2 Å². The zero-order valence-corrected chi connectivity index (χ0v) is 19.0. The summed E-state index contributed by atoms with van der Waals surface area (Å²) in [6.45, 7) is 6.60. The van der Waals surface area contributed by atoms with Crippen molar-refractivity contribution in [2.45, 2.75) is 32.6 Å². The predicted octanol–water partition coefficient (Wildman–Crippen LogP) is 4.43. The van der Waals surface area contributed by atoms with Gasteiger partial charge in [-0.2, -0.15) is 9.97 Å². The van der Waals surface area contributed by atoms with E-state index >= 15 is 0 Å². The maximum atomic E-state index is 12.7. The number of amides is 1. The number of aromatic nitrogens is 4. The van der Waals surface area contributed by atoms with E-state index in [1.165, 1.54) is 18.5 Å². The van der Waals surface area contributed by atoms with Crippen LogP contribution in [0.3, 0.4) is 0 Å². The van der Waals surface area contributed by atoms with Crippen molar-refractivity contribution < 1.29 is 14.5 Å². The van der Waals surface area contributed by atoms with Crippen molar-refractivity contribution in [3.05, 3.63) is 81.7 Å². The van der Waals surface area contributed by atoms with Crippen LogP contribution in [0.1, 0.15) is 42.3 Å². The summed E-state index contributed by atoms with van der Waals surface area (Å²) in [5.74, 6) is -0.00944. The molecular formula is C24H24N6O4. The second kappa shape index (κ2) is 9.26. The van der Waals surface area contributed by atoms with Crippen LogP contribution in [0.5, 0.6) is 5.88 Å². The summed E-state index contributed by atoms with van der Waals surface area (Å²) in [4.78, 5) is 38.8. The number of hydrogen-bond acceptors (Lipinski definition) is 7. The zero-order chi connectivity index (χ0) is 24.3. The molecule has 4 aromatic rings. The van der Waals surface area contributed by atoms with Crippen molar-refractivity contribution in [1.82, 2.24) is 19.9 Å². The Kier molecular flexibility index (Phi) is 6.22. The van der Waals surface area contributed by atoms with Crippen LogP contribution in [0.2, 0.25) is 0 Å². The number of hydrogen-bond donors (Lipinski definition) is 2. The fraction of sp³-hybridized carbons (Fsp3) is 0.250. The topological polar surface area (TPSA) is 136 Å². The molecule has 2 N–H and O–H groups in total. The number of imidazole rings is 1. The first-order valence-electron chi connectivity index (χ1n) is 10.7. The van der Waals surface area contributed by atoms with Gasteiger partial charge < -0.3 is 9.72 Å². The van der Waals surface area contributed by atoms with Gasteiger partial charge in [-0.25, -0.2) is 4.98 Å². The second-order valence-electron chi connectivity index (χ2n) is 8.76. The summed E-state index contributed by atoms with van der Waals surface area (Å²) in [5, 5.41) is 13.5. The minimum absolute atomic E-state index is 0.0101. The quantitative estimate of drug-likeness (QED) is 0.307. The summed E-state index contributed by atoms with van der Waals surface area (Å²) in [7, 11) is 0. The standard InChI is InChI=1S/C24H24N6O4/c1-24(2,3)17-8-6-16(7-9-17)21(31)28-23-27-20-19(25-14-26-20)22(29-23)34-13-12-15-4-10-18(11-5-15)30(32)33/h4-11,14H,12-13H2,1-3H3,(H2,25,26,27,28,29,31). The minimum Gasteiger partial charge on any atom is -0.476 e. The van der Waals surface area contributed by atoms with Gasteiger partial charge in [0.05, 0.1) is 17.9 Å². The van der Waals surface area contributed by atoms with Gasteiger partial charge in [0.2, 0.25) is 11.8 Å². The number of aromatic amines is 1. The van der Waals surface area contributed by atoms with E-state index in [2.05, 4.69) is 46.0 Å². The summed E-state index contributed by atoms with van der Waals surface area (Å²) < 4.78 is 5.83. The van der Waals surface area contributed by atoms with Gasteiger partial charge in [-0.3, -0.25) is 20.2 Å². The Morgan fingerprint density at radius 2 is 1.79 bits per heavy atom. The Bertz CT molecular complexity index is 1320. The summed E-state index contributed by atoms with van der Waals surface area (Å²) in [6.07, 6.45) is 1.98. The molecular weight excluding hydrogens is 436 g/mol. The second-order valence-corrected chi connectivity index (χ2v) is 8.76. The lowest BCUT2D eigenvalue weighted by molar-refractivity contribution is -0.384. The number of carbonyl (C=O) groups is 1. The van der Waals surface area contributed by atoms with E-state index in [4.69, 9.17) is 4.74 Å². The molecule has 0 aliphatic carbocycles. The summed E-state index contributed by atoms with van der Waals surface area (Å²) in [5.41, 5.74) is 3.39. The Hall–Kier alpha value is -4.34.